The van der Waals surface area contributed by atoms with Gasteiger partial charge in [-0.05, 0) is 38.5 Å². The lowest BCUT2D eigenvalue weighted by atomic mass is 10.1. The van der Waals surface area contributed by atoms with Crippen molar-refractivity contribution in [1.82, 2.24) is 15.5 Å². The number of benzene rings is 1. The molecular formula is C19H30F3IN4O. The third kappa shape index (κ3) is 7.75. The number of guanidine groups is 1. The molecule has 0 aliphatic carbocycles. The van der Waals surface area contributed by atoms with E-state index < -0.39 is 11.7 Å². The highest BCUT2D eigenvalue weighted by atomic mass is 127. The monoisotopic (exact) mass is 514 g/mol. The van der Waals surface area contributed by atoms with Crippen molar-refractivity contribution in [3.63, 3.8) is 0 Å². The van der Waals surface area contributed by atoms with Crippen LogP contribution in [0.25, 0.3) is 0 Å². The second-order valence-electron chi connectivity index (χ2n) is 6.78. The molecule has 1 aromatic rings. The number of hydrogen-bond acceptors (Lipinski definition) is 3. The molecule has 0 aromatic heterocycles. The van der Waals surface area contributed by atoms with Gasteiger partial charge in [0.25, 0.3) is 0 Å². The number of alkyl halides is 3. The first-order valence-corrected chi connectivity index (χ1v) is 9.33. The van der Waals surface area contributed by atoms with Crippen LogP contribution in [0, 0.1) is 0 Å². The van der Waals surface area contributed by atoms with Crippen LogP contribution in [0.3, 0.4) is 0 Å². The van der Waals surface area contributed by atoms with Crippen LogP contribution in [-0.4, -0.2) is 55.8 Å². The van der Waals surface area contributed by atoms with Gasteiger partial charge >= 0.3 is 6.18 Å². The fraction of sp³-hybridized carbons (Fsp3) is 0.632. The zero-order chi connectivity index (χ0) is 19.9. The molecule has 0 spiro atoms. The molecule has 1 aliphatic heterocycles. The number of rotatable bonds is 6. The summed E-state index contributed by atoms with van der Waals surface area (Å²) in [5.41, 5.74) is -0.125. The Morgan fingerprint density at radius 1 is 1.36 bits per heavy atom. The number of aliphatic imine (C=N–C) groups is 1. The molecule has 1 fully saturated rings. The highest BCUT2D eigenvalue weighted by Gasteiger charge is 2.30. The van der Waals surface area contributed by atoms with Gasteiger partial charge in [-0.15, -0.1) is 24.0 Å². The zero-order valence-corrected chi connectivity index (χ0v) is 18.9. The molecule has 0 saturated carbocycles. The molecule has 0 amide bonds. The summed E-state index contributed by atoms with van der Waals surface area (Å²) in [7, 11) is 0. The molecule has 2 N–H and O–H groups in total. The lowest BCUT2D eigenvalue weighted by Gasteiger charge is -2.38. The van der Waals surface area contributed by atoms with E-state index in [0.29, 0.717) is 36.7 Å². The van der Waals surface area contributed by atoms with Gasteiger partial charge in [0.1, 0.15) is 0 Å². The number of nitrogens with one attached hydrogen (secondary N) is 2. The van der Waals surface area contributed by atoms with Crippen molar-refractivity contribution >= 4 is 29.9 Å². The Morgan fingerprint density at radius 3 is 2.75 bits per heavy atom. The number of morpholine rings is 1. The molecule has 1 aliphatic rings. The Balaban J connectivity index is 0.00000392. The van der Waals surface area contributed by atoms with Gasteiger partial charge in [-0.3, -0.25) is 4.90 Å². The first-order valence-electron chi connectivity index (χ1n) is 9.33. The van der Waals surface area contributed by atoms with E-state index in [9.17, 15) is 13.2 Å². The second-order valence-corrected chi connectivity index (χ2v) is 6.78. The lowest BCUT2D eigenvalue weighted by molar-refractivity contribution is -0.137. The molecule has 0 radical (unpaired) electrons. The topological polar surface area (TPSA) is 48.9 Å². The average molecular weight is 514 g/mol. The minimum Gasteiger partial charge on any atom is -0.379 e. The number of hydrogen-bond donors (Lipinski definition) is 2. The zero-order valence-electron chi connectivity index (χ0n) is 16.6. The molecule has 2 atom stereocenters. The van der Waals surface area contributed by atoms with E-state index in [1.807, 2.05) is 6.92 Å². The van der Waals surface area contributed by atoms with Crippen LogP contribution >= 0.6 is 24.0 Å². The second kappa shape index (κ2) is 11.8. The van der Waals surface area contributed by atoms with Crippen molar-refractivity contribution in [3.05, 3.63) is 35.4 Å². The van der Waals surface area contributed by atoms with Gasteiger partial charge in [0, 0.05) is 31.7 Å². The highest BCUT2D eigenvalue weighted by molar-refractivity contribution is 14.0. The molecule has 2 unspecified atom stereocenters. The van der Waals surface area contributed by atoms with Gasteiger partial charge in [-0.1, -0.05) is 12.1 Å². The van der Waals surface area contributed by atoms with E-state index in [1.54, 1.807) is 6.07 Å². The fourth-order valence-electron chi connectivity index (χ4n) is 3.11. The summed E-state index contributed by atoms with van der Waals surface area (Å²) in [6.07, 6.45) is -4.34. The predicted octanol–water partition coefficient (Wildman–Crippen LogP) is 3.49. The minimum atomic E-state index is -4.34. The van der Waals surface area contributed by atoms with E-state index in [-0.39, 0.29) is 30.5 Å². The first-order chi connectivity index (χ1) is 12.8. The van der Waals surface area contributed by atoms with Gasteiger partial charge in [-0.2, -0.15) is 13.2 Å². The normalized spacial score (nSPS) is 19.6. The summed E-state index contributed by atoms with van der Waals surface area (Å²) in [6.45, 7) is 10.1. The number of halogens is 4. The van der Waals surface area contributed by atoms with Crippen LogP contribution < -0.4 is 10.6 Å². The molecule has 160 valence electrons. The first kappa shape index (κ1) is 25.0. The van der Waals surface area contributed by atoms with Crippen molar-refractivity contribution in [3.8, 4) is 0 Å². The van der Waals surface area contributed by atoms with Crippen LogP contribution in [0.4, 0.5) is 13.2 Å². The molecule has 0 bridgehead atoms. The number of ether oxygens (including phenoxy) is 1. The lowest BCUT2D eigenvalue weighted by Crippen LogP contribution is -2.53. The maximum atomic E-state index is 12.8. The molecule has 28 heavy (non-hydrogen) atoms. The van der Waals surface area contributed by atoms with Gasteiger partial charge in [0.2, 0.25) is 0 Å². The molecule has 5 nitrogen and oxygen atoms in total. The SMILES string of the molecule is CCNC(=NCc1cccc(C(F)(F)F)c1)NCC(C)N1CCOCC1C.I. The Labute approximate surface area is 182 Å². The Hall–Kier alpha value is -1.07. The largest absolute Gasteiger partial charge is 0.416 e. The van der Waals surface area contributed by atoms with E-state index in [1.165, 1.54) is 6.07 Å². The maximum Gasteiger partial charge on any atom is 0.416 e. The third-order valence-electron chi connectivity index (χ3n) is 4.57. The Morgan fingerprint density at radius 2 is 2.11 bits per heavy atom. The molecular weight excluding hydrogens is 484 g/mol. The van der Waals surface area contributed by atoms with E-state index in [4.69, 9.17) is 4.74 Å². The molecule has 1 aromatic carbocycles. The standard InChI is InChI=1S/C19H29F3N4O.HI/c1-4-23-18(24-11-14(2)26-8-9-27-13-15(26)3)25-12-16-6-5-7-17(10-16)19(20,21)22;/h5-7,10,14-15H,4,8-9,11-13H2,1-3H3,(H2,23,24,25);1H. The summed E-state index contributed by atoms with van der Waals surface area (Å²) in [5, 5.41) is 6.43. The van der Waals surface area contributed by atoms with E-state index in [2.05, 4.69) is 34.4 Å². The summed E-state index contributed by atoms with van der Waals surface area (Å²) in [4.78, 5) is 6.81. The van der Waals surface area contributed by atoms with Crippen molar-refractivity contribution in [2.45, 2.75) is 45.6 Å². The Bertz CT molecular complexity index is 627. The quantitative estimate of drug-likeness (QED) is 0.347. The van der Waals surface area contributed by atoms with Crippen LogP contribution in [0.5, 0.6) is 0 Å². The van der Waals surface area contributed by atoms with Crippen molar-refractivity contribution in [2.24, 2.45) is 4.99 Å². The molecule has 1 heterocycles. The third-order valence-corrected chi connectivity index (χ3v) is 4.57. The maximum absolute atomic E-state index is 12.8. The van der Waals surface area contributed by atoms with E-state index in [0.717, 1.165) is 31.9 Å². The van der Waals surface area contributed by atoms with Crippen LogP contribution in [-0.2, 0) is 17.5 Å². The van der Waals surface area contributed by atoms with Crippen molar-refractivity contribution in [2.75, 3.05) is 32.8 Å². The summed E-state index contributed by atoms with van der Waals surface area (Å²) in [5.74, 6) is 0.600. The summed E-state index contributed by atoms with van der Waals surface area (Å²) >= 11 is 0. The van der Waals surface area contributed by atoms with Crippen LogP contribution in [0.2, 0.25) is 0 Å². The minimum absolute atomic E-state index is 0. The Kier molecular flexibility index (Phi) is 10.5. The average Bonchev–Trinajstić information content (AvgIpc) is 2.63. The van der Waals surface area contributed by atoms with Crippen molar-refractivity contribution < 1.29 is 17.9 Å². The van der Waals surface area contributed by atoms with Gasteiger partial charge in [0.15, 0.2) is 5.96 Å². The highest BCUT2D eigenvalue weighted by Crippen LogP contribution is 2.29. The van der Waals surface area contributed by atoms with Gasteiger partial charge in [-0.25, -0.2) is 4.99 Å². The van der Waals surface area contributed by atoms with Crippen molar-refractivity contribution in [1.29, 1.82) is 0 Å². The van der Waals surface area contributed by atoms with Crippen LogP contribution in [0.15, 0.2) is 29.3 Å². The van der Waals surface area contributed by atoms with Crippen LogP contribution in [0.1, 0.15) is 31.9 Å². The smallest absolute Gasteiger partial charge is 0.379 e. The summed E-state index contributed by atoms with van der Waals surface area (Å²) in [6, 6.07) is 5.94. The molecule has 2 rings (SSSR count). The van der Waals surface area contributed by atoms with Gasteiger partial charge < -0.3 is 15.4 Å². The number of nitrogens with zero attached hydrogens (tertiary/aromatic N) is 2. The van der Waals surface area contributed by atoms with E-state index >= 15 is 0 Å². The fourth-order valence-corrected chi connectivity index (χ4v) is 3.11. The molecule has 9 heteroatoms. The summed E-state index contributed by atoms with van der Waals surface area (Å²) < 4.78 is 44.0. The predicted molar refractivity (Wildman–Crippen MR) is 116 cm³/mol. The molecule has 1 saturated heterocycles. The van der Waals surface area contributed by atoms with Gasteiger partial charge in [0.05, 0.1) is 25.3 Å².